The Balaban J connectivity index is 2.54. The lowest BCUT2D eigenvalue weighted by Crippen LogP contribution is -2.33. The van der Waals surface area contributed by atoms with E-state index in [2.05, 4.69) is 4.98 Å². The zero-order valence-electron chi connectivity index (χ0n) is 12.6. The molecule has 4 nitrogen and oxygen atoms in total. The van der Waals surface area contributed by atoms with E-state index in [1.165, 1.54) is 0 Å². The molecule has 1 aromatic heterocycles. The summed E-state index contributed by atoms with van der Waals surface area (Å²) in [7, 11) is 0. The van der Waals surface area contributed by atoms with Crippen LogP contribution in [0, 0.1) is 13.8 Å². The lowest BCUT2D eigenvalue weighted by Gasteiger charge is -2.18. The lowest BCUT2D eigenvalue weighted by atomic mass is 10.0. The molecule has 0 bridgehead atoms. The minimum absolute atomic E-state index is 0.0298. The van der Waals surface area contributed by atoms with E-state index in [9.17, 15) is 4.79 Å². The first-order valence-electron chi connectivity index (χ1n) is 6.97. The summed E-state index contributed by atoms with van der Waals surface area (Å²) < 4.78 is 1.67. The maximum Gasteiger partial charge on any atom is 0.257 e. The van der Waals surface area contributed by atoms with E-state index >= 15 is 0 Å². The van der Waals surface area contributed by atoms with Crippen LogP contribution in [-0.2, 0) is 6.42 Å². The largest absolute Gasteiger partial charge is 0.328 e. The average molecular weight is 306 g/mol. The summed E-state index contributed by atoms with van der Waals surface area (Å²) in [5.74, 6) is 0.693. The molecular weight excluding hydrogens is 286 g/mol. The van der Waals surface area contributed by atoms with Crippen molar-refractivity contribution in [2.24, 2.45) is 5.73 Å². The van der Waals surface area contributed by atoms with E-state index in [-0.39, 0.29) is 11.6 Å². The smallest absolute Gasteiger partial charge is 0.257 e. The number of aromatic nitrogens is 2. The molecule has 1 heterocycles. The maximum absolute atomic E-state index is 12.8. The van der Waals surface area contributed by atoms with E-state index in [0.29, 0.717) is 29.4 Å². The molecule has 0 aliphatic heterocycles. The summed E-state index contributed by atoms with van der Waals surface area (Å²) in [5.41, 5.74) is 8.02. The van der Waals surface area contributed by atoms with Gasteiger partial charge in [-0.2, -0.15) is 0 Å². The molecule has 0 aliphatic rings. The van der Waals surface area contributed by atoms with Gasteiger partial charge in [0.2, 0.25) is 0 Å². The van der Waals surface area contributed by atoms with Crippen molar-refractivity contribution in [2.75, 3.05) is 6.54 Å². The first-order valence-corrected chi connectivity index (χ1v) is 7.35. The predicted octanol–water partition coefficient (Wildman–Crippen LogP) is 2.62. The average Bonchev–Trinajstić information content (AvgIpc) is 2.44. The van der Waals surface area contributed by atoms with Gasteiger partial charge in [-0.3, -0.25) is 9.36 Å². The van der Waals surface area contributed by atoms with Crippen molar-refractivity contribution >= 4 is 11.6 Å². The molecule has 0 saturated heterocycles. The van der Waals surface area contributed by atoms with Crippen molar-refractivity contribution in [1.82, 2.24) is 9.55 Å². The highest BCUT2D eigenvalue weighted by Crippen LogP contribution is 2.19. The Kier molecular flexibility index (Phi) is 4.80. The molecule has 0 aliphatic carbocycles. The van der Waals surface area contributed by atoms with Crippen molar-refractivity contribution in [3.63, 3.8) is 0 Å². The van der Waals surface area contributed by atoms with Gasteiger partial charge in [0.25, 0.3) is 5.56 Å². The van der Waals surface area contributed by atoms with Crippen LogP contribution >= 0.6 is 11.6 Å². The topological polar surface area (TPSA) is 60.9 Å². The van der Waals surface area contributed by atoms with Gasteiger partial charge < -0.3 is 5.73 Å². The maximum atomic E-state index is 12.8. The van der Waals surface area contributed by atoms with Gasteiger partial charge in [0.15, 0.2) is 0 Å². The highest BCUT2D eigenvalue weighted by atomic mass is 35.5. The van der Waals surface area contributed by atoms with Crippen LogP contribution in [0.1, 0.15) is 35.6 Å². The number of rotatable bonds is 4. The van der Waals surface area contributed by atoms with Crippen LogP contribution in [0.25, 0.3) is 0 Å². The van der Waals surface area contributed by atoms with Gasteiger partial charge in [-0.05, 0) is 32.4 Å². The van der Waals surface area contributed by atoms with Crippen molar-refractivity contribution < 1.29 is 0 Å². The molecule has 5 heteroatoms. The van der Waals surface area contributed by atoms with Crippen LogP contribution in [0.2, 0.25) is 5.02 Å². The Hall–Kier alpha value is -1.65. The van der Waals surface area contributed by atoms with Gasteiger partial charge in [0.1, 0.15) is 5.82 Å². The number of nitrogens with two attached hydrogens (primary N) is 1. The molecule has 0 radical (unpaired) electrons. The molecule has 1 atom stereocenters. The monoisotopic (exact) mass is 305 g/mol. The quantitative estimate of drug-likeness (QED) is 0.944. The molecule has 112 valence electrons. The van der Waals surface area contributed by atoms with Crippen LogP contribution in [0.5, 0.6) is 0 Å². The van der Waals surface area contributed by atoms with E-state index in [1.807, 2.05) is 45.0 Å². The summed E-state index contributed by atoms with van der Waals surface area (Å²) in [6.07, 6.45) is 0.481. The van der Waals surface area contributed by atoms with Crippen molar-refractivity contribution in [3.05, 3.63) is 62.3 Å². The number of halogens is 1. The highest BCUT2D eigenvalue weighted by Gasteiger charge is 2.16. The molecule has 0 saturated carbocycles. The third kappa shape index (κ3) is 3.17. The number of hydrogen-bond acceptors (Lipinski definition) is 3. The third-order valence-corrected chi connectivity index (χ3v) is 4.07. The van der Waals surface area contributed by atoms with Gasteiger partial charge in [-0.15, -0.1) is 0 Å². The van der Waals surface area contributed by atoms with Crippen LogP contribution < -0.4 is 11.3 Å². The van der Waals surface area contributed by atoms with Gasteiger partial charge >= 0.3 is 0 Å². The number of nitrogens with zero attached hydrogens (tertiary/aromatic N) is 2. The van der Waals surface area contributed by atoms with E-state index in [1.54, 1.807) is 4.57 Å². The molecule has 2 N–H and O–H groups in total. The minimum Gasteiger partial charge on any atom is -0.328 e. The minimum atomic E-state index is -0.0735. The van der Waals surface area contributed by atoms with Gasteiger partial charge in [0, 0.05) is 35.3 Å². The van der Waals surface area contributed by atoms with Crippen molar-refractivity contribution in [3.8, 4) is 0 Å². The third-order valence-electron chi connectivity index (χ3n) is 3.70. The fraction of sp³-hybridized carbons (Fsp3) is 0.375. The molecular formula is C16H20ClN3O. The number of benzene rings is 1. The molecule has 1 aromatic carbocycles. The fourth-order valence-corrected chi connectivity index (χ4v) is 2.67. The second-order valence-corrected chi connectivity index (χ2v) is 5.66. The van der Waals surface area contributed by atoms with Crippen LogP contribution in [-0.4, -0.2) is 16.1 Å². The van der Waals surface area contributed by atoms with E-state index in [4.69, 9.17) is 17.3 Å². The Morgan fingerprint density at radius 2 is 2.00 bits per heavy atom. The summed E-state index contributed by atoms with van der Waals surface area (Å²) >= 11 is 6.19. The first-order chi connectivity index (χ1) is 9.95. The normalized spacial score (nSPS) is 12.4. The van der Waals surface area contributed by atoms with E-state index in [0.717, 1.165) is 11.3 Å². The molecule has 0 spiro atoms. The Bertz CT molecular complexity index is 709. The summed E-state index contributed by atoms with van der Waals surface area (Å²) in [6, 6.07) is 7.47. The zero-order valence-corrected chi connectivity index (χ0v) is 13.3. The second kappa shape index (κ2) is 6.41. The number of hydrogen-bond donors (Lipinski definition) is 1. The molecule has 2 aromatic rings. The second-order valence-electron chi connectivity index (χ2n) is 5.25. The summed E-state index contributed by atoms with van der Waals surface area (Å²) in [5, 5.41) is 0.662. The van der Waals surface area contributed by atoms with E-state index < -0.39 is 0 Å². The standard InChI is InChI=1S/C16H20ClN3O/c1-10(9-18)20-12(3)19-11(2)14(16(20)21)8-13-6-4-5-7-15(13)17/h4-7,10H,8-9,18H2,1-3H3. The Morgan fingerprint density at radius 1 is 1.33 bits per heavy atom. The Labute approximate surface area is 129 Å². The molecule has 1 unspecified atom stereocenters. The molecule has 2 rings (SSSR count). The van der Waals surface area contributed by atoms with Gasteiger partial charge in [0.05, 0.1) is 0 Å². The Morgan fingerprint density at radius 3 is 2.62 bits per heavy atom. The lowest BCUT2D eigenvalue weighted by molar-refractivity contribution is 0.510. The van der Waals surface area contributed by atoms with Crippen LogP contribution in [0.3, 0.4) is 0 Å². The van der Waals surface area contributed by atoms with Gasteiger partial charge in [-0.1, -0.05) is 29.8 Å². The first kappa shape index (κ1) is 15.7. The predicted molar refractivity (Wildman–Crippen MR) is 86.0 cm³/mol. The van der Waals surface area contributed by atoms with Crippen LogP contribution in [0.15, 0.2) is 29.1 Å². The molecule has 0 amide bonds. The zero-order chi connectivity index (χ0) is 15.6. The highest BCUT2D eigenvalue weighted by molar-refractivity contribution is 6.31. The fourth-order valence-electron chi connectivity index (χ4n) is 2.47. The summed E-state index contributed by atoms with van der Waals surface area (Å²) in [4.78, 5) is 17.2. The molecule has 21 heavy (non-hydrogen) atoms. The summed E-state index contributed by atoms with van der Waals surface area (Å²) in [6.45, 7) is 6.01. The molecule has 0 fully saturated rings. The van der Waals surface area contributed by atoms with Crippen molar-refractivity contribution in [2.45, 2.75) is 33.2 Å². The number of aryl methyl sites for hydroxylation is 2. The van der Waals surface area contributed by atoms with Crippen molar-refractivity contribution in [1.29, 1.82) is 0 Å². The van der Waals surface area contributed by atoms with Gasteiger partial charge in [-0.25, -0.2) is 4.98 Å². The van der Waals surface area contributed by atoms with Crippen LogP contribution in [0.4, 0.5) is 0 Å². The SMILES string of the molecule is Cc1nc(C)n(C(C)CN)c(=O)c1Cc1ccccc1Cl.